The van der Waals surface area contributed by atoms with Gasteiger partial charge in [-0.05, 0) is 12.8 Å². The van der Waals surface area contributed by atoms with Crippen LogP contribution in [-0.2, 0) is 17.9 Å². The molecular weight excluding hydrogens is 328 g/mol. The van der Waals surface area contributed by atoms with Crippen molar-refractivity contribution in [1.29, 1.82) is 5.26 Å². The molecule has 138 valence electrons. The first-order chi connectivity index (χ1) is 12.6. The summed E-state index contributed by atoms with van der Waals surface area (Å²) in [6.45, 7) is 5.31. The van der Waals surface area contributed by atoms with E-state index < -0.39 is 11.4 Å². The number of rotatable bonds is 10. The van der Waals surface area contributed by atoms with Gasteiger partial charge in [0.05, 0.1) is 30.1 Å². The highest BCUT2D eigenvalue weighted by atomic mass is 16.4. The highest BCUT2D eigenvalue weighted by Gasteiger charge is 2.34. The Morgan fingerprint density at radius 3 is 2.58 bits per heavy atom. The van der Waals surface area contributed by atoms with Crippen LogP contribution in [0.3, 0.4) is 0 Å². The zero-order valence-electron chi connectivity index (χ0n) is 15.4. The fourth-order valence-electron chi connectivity index (χ4n) is 3.02. The molecule has 0 spiro atoms. The number of aromatic nitrogens is 2. The third kappa shape index (κ3) is 4.50. The van der Waals surface area contributed by atoms with Crippen LogP contribution in [0.25, 0.3) is 11.3 Å². The number of nitrogens with one attached hydrogen (secondary N) is 1. The number of nitriles is 1. The Labute approximate surface area is 154 Å². The third-order valence-corrected chi connectivity index (χ3v) is 4.92. The number of benzene rings is 1. The van der Waals surface area contributed by atoms with Crippen molar-refractivity contribution in [3.63, 3.8) is 0 Å². The second-order valence-electron chi connectivity index (χ2n) is 6.44. The van der Waals surface area contributed by atoms with Crippen molar-refractivity contribution in [3.8, 4) is 17.3 Å². The Balaban J connectivity index is 2.18. The van der Waals surface area contributed by atoms with Crippen LogP contribution in [0.2, 0.25) is 0 Å². The maximum atomic E-state index is 11.6. The van der Waals surface area contributed by atoms with E-state index in [4.69, 9.17) is 5.26 Å². The highest BCUT2D eigenvalue weighted by molar-refractivity contribution is 5.74. The Hall–Kier alpha value is -2.65. The van der Waals surface area contributed by atoms with Crippen molar-refractivity contribution in [2.75, 3.05) is 6.54 Å². The predicted octanol–water partition coefficient (Wildman–Crippen LogP) is 3.44. The van der Waals surface area contributed by atoms with E-state index in [1.54, 1.807) is 4.68 Å². The molecule has 0 radical (unpaired) electrons. The summed E-state index contributed by atoms with van der Waals surface area (Å²) in [6.07, 6.45) is 3.50. The summed E-state index contributed by atoms with van der Waals surface area (Å²) >= 11 is 0. The van der Waals surface area contributed by atoms with Gasteiger partial charge in [0.15, 0.2) is 0 Å². The molecule has 0 bridgehead atoms. The summed E-state index contributed by atoms with van der Waals surface area (Å²) in [7, 11) is 0. The van der Waals surface area contributed by atoms with Gasteiger partial charge in [-0.15, -0.1) is 0 Å². The Bertz CT molecular complexity index is 758. The first-order valence-corrected chi connectivity index (χ1v) is 8.99. The van der Waals surface area contributed by atoms with Crippen LogP contribution in [0.1, 0.15) is 38.7 Å². The van der Waals surface area contributed by atoms with Gasteiger partial charge in [-0.2, -0.15) is 10.4 Å². The lowest BCUT2D eigenvalue weighted by Crippen LogP contribution is -2.40. The maximum absolute atomic E-state index is 11.6. The number of hydrogen-bond acceptors (Lipinski definition) is 4. The number of aryl methyl sites for hydroxylation is 1. The average Bonchev–Trinajstić information content (AvgIpc) is 3.07. The molecule has 1 heterocycles. The smallest absolute Gasteiger partial charge is 0.310 e. The van der Waals surface area contributed by atoms with E-state index in [-0.39, 0.29) is 0 Å². The molecule has 0 atom stereocenters. The summed E-state index contributed by atoms with van der Waals surface area (Å²) in [5.41, 5.74) is 2.13. The molecule has 0 fully saturated rings. The van der Waals surface area contributed by atoms with Crippen molar-refractivity contribution in [3.05, 3.63) is 42.1 Å². The van der Waals surface area contributed by atoms with Crippen molar-refractivity contribution in [1.82, 2.24) is 15.1 Å². The third-order valence-electron chi connectivity index (χ3n) is 4.92. The number of carbonyl (C=O) groups is 1. The number of aliphatic carboxylic acids is 1. The van der Waals surface area contributed by atoms with Crippen LogP contribution in [0.4, 0.5) is 0 Å². The SMILES string of the molecule is CCC(CC)(CNCc1cn(CCC#N)nc1-c1ccccc1)C(=O)O. The summed E-state index contributed by atoms with van der Waals surface area (Å²) in [6, 6.07) is 12.0. The number of nitrogens with zero attached hydrogens (tertiary/aromatic N) is 3. The van der Waals surface area contributed by atoms with E-state index in [1.807, 2.05) is 50.4 Å². The lowest BCUT2D eigenvalue weighted by Gasteiger charge is -2.27. The second-order valence-corrected chi connectivity index (χ2v) is 6.44. The Kier molecular flexibility index (Phi) is 6.93. The van der Waals surface area contributed by atoms with E-state index in [9.17, 15) is 9.90 Å². The largest absolute Gasteiger partial charge is 0.481 e. The Morgan fingerprint density at radius 2 is 2.00 bits per heavy atom. The van der Waals surface area contributed by atoms with Crippen molar-refractivity contribution < 1.29 is 9.90 Å². The molecule has 1 aromatic heterocycles. The molecule has 0 amide bonds. The van der Waals surface area contributed by atoms with E-state index >= 15 is 0 Å². The molecule has 26 heavy (non-hydrogen) atoms. The van der Waals surface area contributed by atoms with Gasteiger partial charge in [-0.25, -0.2) is 0 Å². The van der Waals surface area contributed by atoms with Gasteiger partial charge in [0.2, 0.25) is 0 Å². The summed E-state index contributed by atoms with van der Waals surface area (Å²) in [5.74, 6) is -0.761. The normalized spacial score (nSPS) is 11.3. The zero-order valence-corrected chi connectivity index (χ0v) is 15.4. The molecule has 0 unspecified atom stereocenters. The molecule has 0 aliphatic rings. The summed E-state index contributed by atoms with van der Waals surface area (Å²) in [5, 5.41) is 26.3. The van der Waals surface area contributed by atoms with Gasteiger partial charge in [0, 0.05) is 30.4 Å². The first-order valence-electron chi connectivity index (χ1n) is 8.99. The minimum atomic E-state index is -0.761. The summed E-state index contributed by atoms with van der Waals surface area (Å²) < 4.78 is 1.78. The second kappa shape index (κ2) is 9.16. The monoisotopic (exact) mass is 354 g/mol. The Morgan fingerprint density at radius 1 is 1.31 bits per heavy atom. The van der Waals surface area contributed by atoms with Gasteiger partial charge >= 0.3 is 5.97 Å². The lowest BCUT2D eigenvalue weighted by atomic mass is 9.82. The van der Waals surface area contributed by atoms with Gasteiger partial charge in [-0.1, -0.05) is 44.2 Å². The molecule has 1 aromatic carbocycles. The fraction of sp³-hybridized carbons (Fsp3) is 0.450. The van der Waals surface area contributed by atoms with E-state index in [2.05, 4.69) is 16.5 Å². The van der Waals surface area contributed by atoms with Crippen LogP contribution < -0.4 is 5.32 Å². The van der Waals surface area contributed by atoms with Gasteiger partial charge < -0.3 is 10.4 Å². The molecule has 0 saturated heterocycles. The van der Waals surface area contributed by atoms with Crippen LogP contribution in [0.5, 0.6) is 0 Å². The quantitative estimate of drug-likeness (QED) is 0.682. The summed E-state index contributed by atoms with van der Waals surface area (Å²) in [4.78, 5) is 11.6. The molecule has 2 aromatic rings. The minimum Gasteiger partial charge on any atom is -0.481 e. The minimum absolute atomic E-state index is 0.399. The molecular formula is C20H26N4O2. The highest BCUT2D eigenvalue weighted by Crippen LogP contribution is 2.27. The van der Waals surface area contributed by atoms with E-state index in [0.29, 0.717) is 38.9 Å². The predicted molar refractivity (Wildman–Crippen MR) is 100 cm³/mol. The van der Waals surface area contributed by atoms with E-state index in [1.165, 1.54) is 0 Å². The first kappa shape index (κ1) is 19.7. The van der Waals surface area contributed by atoms with Crippen molar-refractivity contribution >= 4 is 5.97 Å². The average molecular weight is 354 g/mol. The molecule has 6 nitrogen and oxygen atoms in total. The van der Waals surface area contributed by atoms with Gasteiger partial charge in [-0.3, -0.25) is 9.48 Å². The van der Waals surface area contributed by atoms with Crippen LogP contribution >= 0.6 is 0 Å². The van der Waals surface area contributed by atoms with E-state index in [0.717, 1.165) is 16.8 Å². The molecule has 2 rings (SSSR count). The van der Waals surface area contributed by atoms with Crippen LogP contribution in [0, 0.1) is 16.7 Å². The maximum Gasteiger partial charge on any atom is 0.310 e. The lowest BCUT2D eigenvalue weighted by molar-refractivity contribution is -0.149. The zero-order chi connectivity index (χ0) is 19.0. The van der Waals surface area contributed by atoms with Crippen LogP contribution in [0.15, 0.2) is 36.5 Å². The number of hydrogen-bond donors (Lipinski definition) is 2. The topological polar surface area (TPSA) is 90.9 Å². The van der Waals surface area contributed by atoms with Crippen molar-refractivity contribution in [2.45, 2.75) is 46.2 Å². The molecule has 0 saturated carbocycles. The van der Waals surface area contributed by atoms with Crippen molar-refractivity contribution in [2.24, 2.45) is 5.41 Å². The number of carboxylic acid groups (broad SMARTS) is 1. The van der Waals surface area contributed by atoms with Gasteiger partial charge in [0.1, 0.15) is 0 Å². The standard InChI is InChI=1S/C20H26N4O2/c1-3-20(4-2,19(25)26)15-22-13-17-14-24(12-8-11-21)23-18(17)16-9-6-5-7-10-16/h5-7,9-10,14,22H,3-4,8,12-13,15H2,1-2H3,(H,25,26). The molecule has 0 aliphatic carbocycles. The molecule has 2 N–H and O–H groups in total. The number of carboxylic acids is 1. The van der Waals surface area contributed by atoms with Crippen LogP contribution in [-0.4, -0.2) is 27.4 Å². The fourth-order valence-corrected chi connectivity index (χ4v) is 3.02. The molecule has 0 aliphatic heterocycles. The molecule has 6 heteroatoms. The van der Waals surface area contributed by atoms with Gasteiger partial charge in [0.25, 0.3) is 0 Å².